The molecule has 1 saturated heterocycles. The summed E-state index contributed by atoms with van der Waals surface area (Å²) < 4.78 is 17.9. The predicted molar refractivity (Wildman–Crippen MR) is 76.5 cm³/mol. The van der Waals surface area contributed by atoms with E-state index in [1.807, 2.05) is 0 Å². The van der Waals surface area contributed by atoms with Crippen molar-refractivity contribution in [3.63, 3.8) is 0 Å². The van der Waals surface area contributed by atoms with Gasteiger partial charge in [0, 0.05) is 5.56 Å². The van der Waals surface area contributed by atoms with Crippen LogP contribution >= 0.6 is 0 Å². The molecule has 0 amide bonds. The molecule has 0 spiro atoms. The third-order valence-electron chi connectivity index (χ3n) is 3.72. The molecular formula is C16H20FNO3. The highest BCUT2D eigenvalue weighted by Gasteiger charge is 2.16. The van der Waals surface area contributed by atoms with Crippen molar-refractivity contribution in [1.82, 2.24) is 5.32 Å². The summed E-state index contributed by atoms with van der Waals surface area (Å²) in [4.78, 5) is 23.4. The Balaban J connectivity index is 1.68. The maximum atomic E-state index is 12.7. The third-order valence-corrected chi connectivity index (χ3v) is 3.72. The molecule has 1 heterocycles. The molecule has 0 radical (unpaired) electrons. The predicted octanol–water partition coefficient (Wildman–Crippen LogP) is 2.33. The number of hydrogen-bond donors (Lipinski definition) is 1. The maximum Gasteiger partial charge on any atom is 0.313 e. The third kappa shape index (κ3) is 5.27. The first-order valence-electron chi connectivity index (χ1n) is 7.30. The number of esters is 1. The molecule has 0 bridgehead atoms. The van der Waals surface area contributed by atoms with Crippen molar-refractivity contribution in [2.24, 2.45) is 5.92 Å². The van der Waals surface area contributed by atoms with Gasteiger partial charge in [-0.25, -0.2) is 4.39 Å². The monoisotopic (exact) mass is 293 g/mol. The number of nitrogens with one attached hydrogen (secondary N) is 1. The zero-order valence-electron chi connectivity index (χ0n) is 11.9. The average Bonchev–Trinajstić information content (AvgIpc) is 2.49. The fourth-order valence-electron chi connectivity index (χ4n) is 2.43. The zero-order chi connectivity index (χ0) is 15.1. The normalized spacial score (nSPS) is 15.7. The van der Waals surface area contributed by atoms with Crippen molar-refractivity contribution in [2.75, 3.05) is 19.7 Å². The highest BCUT2D eigenvalue weighted by atomic mass is 19.1. The number of Topliss-reactive ketones (excluding diaryl/α,β-unsaturated/α-hetero) is 1. The molecule has 0 atom stereocenters. The van der Waals surface area contributed by atoms with Gasteiger partial charge in [-0.05, 0) is 62.5 Å². The van der Waals surface area contributed by atoms with Gasteiger partial charge in [-0.15, -0.1) is 0 Å². The van der Waals surface area contributed by atoms with E-state index in [2.05, 4.69) is 5.32 Å². The number of benzene rings is 1. The van der Waals surface area contributed by atoms with E-state index in [0.29, 0.717) is 18.1 Å². The maximum absolute atomic E-state index is 12.7. The van der Waals surface area contributed by atoms with Crippen LogP contribution in [-0.4, -0.2) is 31.4 Å². The van der Waals surface area contributed by atoms with Crippen molar-refractivity contribution >= 4 is 11.8 Å². The Kier molecular flexibility index (Phi) is 5.87. The summed E-state index contributed by atoms with van der Waals surface area (Å²) in [5, 5.41) is 3.28. The van der Waals surface area contributed by atoms with Crippen LogP contribution in [0.25, 0.3) is 0 Å². The highest BCUT2D eigenvalue weighted by Crippen LogP contribution is 2.15. The average molecular weight is 293 g/mol. The van der Waals surface area contributed by atoms with Gasteiger partial charge in [0.25, 0.3) is 0 Å². The van der Waals surface area contributed by atoms with Crippen LogP contribution in [0.4, 0.5) is 4.39 Å². The van der Waals surface area contributed by atoms with Crippen LogP contribution in [0.15, 0.2) is 24.3 Å². The summed E-state index contributed by atoms with van der Waals surface area (Å²) in [7, 11) is 0. The van der Waals surface area contributed by atoms with E-state index in [0.717, 1.165) is 32.4 Å². The minimum absolute atomic E-state index is 0.294. The van der Waals surface area contributed by atoms with Crippen molar-refractivity contribution in [3.05, 3.63) is 35.6 Å². The molecule has 1 N–H and O–H groups in total. The van der Waals surface area contributed by atoms with Gasteiger partial charge in [0.15, 0.2) is 5.78 Å². The summed E-state index contributed by atoms with van der Waals surface area (Å²) in [6, 6.07) is 5.16. The van der Waals surface area contributed by atoms with E-state index in [1.54, 1.807) is 0 Å². The first-order valence-corrected chi connectivity index (χ1v) is 7.30. The topological polar surface area (TPSA) is 55.4 Å². The number of carbonyl (C=O) groups excluding carboxylic acids is 2. The lowest BCUT2D eigenvalue weighted by molar-refractivity contribution is -0.142. The molecule has 1 aliphatic rings. The lowest BCUT2D eigenvalue weighted by atomic mass is 9.95. The number of halogens is 1. The van der Waals surface area contributed by atoms with Gasteiger partial charge in [0.05, 0.1) is 6.61 Å². The van der Waals surface area contributed by atoms with Crippen molar-refractivity contribution in [3.8, 4) is 0 Å². The van der Waals surface area contributed by atoms with Gasteiger partial charge >= 0.3 is 5.97 Å². The van der Waals surface area contributed by atoms with Gasteiger partial charge < -0.3 is 10.1 Å². The molecule has 0 unspecified atom stereocenters. The van der Waals surface area contributed by atoms with Crippen LogP contribution in [0.3, 0.4) is 0 Å². The van der Waals surface area contributed by atoms with Crippen molar-refractivity contribution in [1.29, 1.82) is 0 Å². The summed E-state index contributed by atoms with van der Waals surface area (Å²) in [5.41, 5.74) is 0.326. The SMILES string of the molecule is O=C(CC(=O)c1ccc(F)cc1)OCCC1CCNCC1. The molecule has 5 heteroatoms. The molecule has 1 aliphatic heterocycles. The van der Waals surface area contributed by atoms with Gasteiger partial charge in [-0.2, -0.15) is 0 Å². The first kappa shape index (κ1) is 15.6. The number of hydrogen-bond acceptors (Lipinski definition) is 4. The molecule has 0 saturated carbocycles. The molecule has 21 heavy (non-hydrogen) atoms. The number of rotatable bonds is 6. The van der Waals surface area contributed by atoms with E-state index in [4.69, 9.17) is 4.74 Å². The standard InChI is InChI=1S/C16H20FNO3/c17-14-3-1-13(2-4-14)15(19)11-16(20)21-10-7-12-5-8-18-9-6-12/h1-4,12,18H,5-11H2. The second-order valence-electron chi connectivity index (χ2n) is 5.31. The zero-order valence-corrected chi connectivity index (χ0v) is 11.9. The molecule has 114 valence electrons. The van der Waals surface area contributed by atoms with Crippen LogP contribution in [0.5, 0.6) is 0 Å². The summed E-state index contributed by atoms with van der Waals surface area (Å²) >= 11 is 0. The van der Waals surface area contributed by atoms with Crippen LogP contribution in [-0.2, 0) is 9.53 Å². The molecule has 0 aromatic heterocycles. The fraction of sp³-hybridized carbons (Fsp3) is 0.500. The summed E-state index contributed by atoms with van der Waals surface area (Å²) in [6.45, 7) is 2.39. The molecular weight excluding hydrogens is 273 g/mol. The largest absolute Gasteiger partial charge is 0.465 e. The number of ketones is 1. The van der Waals surface area contributed by atoms with Crippen LogP contribution in [0.1, 0.15) is 36.0 Å². The highest BCUT2D eigenvalue weighted by molar-refractivity contribution is 6.05. The summed E-state index contributed by atoms with van der Waals surface area (Å²) in [5.74, 6) is -0.678. The Morgan fingerprint density at radius 3 is 2.52 bits per heavy atom. The van der Waals surface area contributed by atoms with E-state index >= 15 is 0 Å². The smallest absolute Gasteiger partial charge is 0.313 e. The molecule has 1 aromatic rings. The van der Waals surface area contributed by atoms with Crippen LogP contribution < -0.4 is 5.32 Å². The Morgan fingerprint density at radius 2 is 1.86 bits per heavy atom. The minimum Gasteiger partial charge on any atom is -0.465 e. The Morgan fingerprint density at radius 1 is 1.19 bits per heavy atom. The van der Waals surface area contributed by atoms with Crippen molar-refractivity contribution in [2.45, 2.75) is 25.7 Å². The second kappa shape index (κ2) is 7.88. The first-order chi connectivity index (χ1) is 10.1. The fourth-order valence-corrected chi connectivity index (χ4v) is 2.43. The lowest BCUT2D eigenvalue weighted by Crippen LogP contribution is -2.28. The number of ether oxygens (including phenoxy) is 1. The van der Waals surface area contributed by atoms with Gasteiger partial charge in [-0.3, -0.25) is 9.59 Å². The second-order valence-corrected chi connectivity index (χ2v) is 5.31. The molecule has 1 aromatic carbocycles. The van der Waals surface area contributed by atoms with E-state index in [9.17, 15) is 14.0 Å². The van der Waals surface area contributed by atoms with Gasteiger partial charge in [0.1, 0.15) is 12.2 Å². The van der Waals surface area contributed by atoms with E-state index < -0.39 is 11.8 Å². The van der Waals surface area contributed by atoms with Gasteiger partial charge in [-0.1, -0.05) is 0 Å². The molecule has 4 nitrogen and oxygen atoms in total. The Hall–Kier alpha value is -1.75. The van der Waals surface area contributed by atoms with Crippen LogP contribution in [0.2, 0.25) is 0 Å². The van der Waals surface area contributed by atoms with E-state index in [-0.39, 0.29) is 12.2 Å². The number of carbonyl (C=O) groups is 2. The Labute approximate surface area is 123 Å². The minimum atomic E-state index is -0.516. The molecule has 1 fully saturated rings. The molecule has 0 aliphatic carbocycles. The summed E-state index contributed by atoms with van der Waals surface area (Å²) in [6.07, 6.45) is 2.76. The van der Waals surface area contributed by atoms with Crippen LogP contribution in [0, 0.1) is 11.7 Å². The molecule has 2 rings (SSSR count). The lowest BCUT2D eigenvalue weighted by Gasteiger charge is -2.22. The van der Waals surface area contributed by atoms with E-state index in [1.165, 1.54) is 24.3 Å². The number of piperidine rings is 1. The van der Waals surface area contributed by atoms with Crippen molar-refractivity contribution < 1.29 is 18.7 Å². The quantitative estimate of drug-likeness (QED) is 0.497. The Bertz CT molecular complexity index is 481. The van der Waals surface area contributed by atoms with Gasteiger partial charge in [0.2, 0.25) is 0 Å².